The van der Waals surface area contributed by atoms with Crippen molar-refractivity contribution in [3.63, 3.8) is 0 Å². The molecular weight excluding hydrogens is 649 g/mol. The van der Waals surface area contributed by atoms with Crippen LogP contribution in [0.2, 0.25) is 0 Å². The van der Waals surface area contributed by atoms with E-state index < -0.39 is 0 Å². The second-order valence-corrected chi connectivity index (χ2v) is 15.2. The van der Waals surface area contributed by atoms with Crippen LogP contribution in [0.15, 0.2) is 91.0 Å². The topological polar surface area (TPSA) is 23.8 Å². The van der Waals surface area contributed by atoms with Crippen molar-refractivity contribution in [2.24, 2.45) is 0 Å². The monoisotopic (exact) mass is 692 g/mol. The molecule has 221 valence electrons. The molecule has 0 unspecified atom stereocenters. The van der Waals surface area contributed by atoms with E-state index in [0.717, 1.165) is 6.42 Å². The van der Waals surface area contributed by atoms with Crippen molar-refractivity contribution >= 4 is 19.9 Å². The summed E-state index contributed by atoms with van der Waals surface area (Å²) in [7, 11) is 0.271. The zero-order chi connectivity index (χ0) is 28.8. The van der Waals surface area contributed by atoms with Crippen molar-refractivity contribution in [2.75, 3.05) is 0 Å². The molecule has 1 radical (unpaired) electrons. The van der Waals surface area contributed by atoms with Crippen LogP contribution in [0.4, 0.5) is 0 Å². The van der Waals surface area contributed by atoms with E-state index in [1.807, 2.05) is 20.8 Å². The Morgan fingerprint density at radius 3 is 1.50 bits per heavy atom. The Morgan fingerprint density at radius 2 is 1.07 bits per heavy atom. The van der Waals surface area contributed by atoms with Crippen LogP contribution in [0.5, 0.6) is 0 Å². The summed E-state index contributed by atoms with van der Waals surface area (Å²) in [5.41, 5.74) is 15.4. The molecule has 0 amide bonds. The molecule has 0 fully saturated rings. The molecule has 0 aromatic heterocycles. The van der Waals surface area contributed by atoms with Gasteiger partial charge in [-0.2, -0.15) is 23.8 Å². The molecule has 1 N–H and O–H groups in total. The van der Waals surface area contributed by atoms with Gasteiger partial charge in [-0.1, -0.05) is 157 Å². The van der Waals surface area contributed by atoms with E-state index >= 15 is 0 Å². The van der Waals surface area contributed by atoms with Gasteiger partial charge < -0.3 is 30.5 Å². The van der Waals surface area contributed by atoms with Crippen molar-refractivity contribution in [3.8, 4) is 11.1 Å². The first-order chi connectivity index (χ1) is 18.1. The van der Waals surface area contributed by atoms with Gasteiger partial charge in [0.25, 0.3) is 0 Å². The Hall–Kier alpha value is -1.48. The predicted molar refractivity (Wildman–Crippen MR) is 174 cm³/mol. The molecule has 4 aromatic rings. The smallest absolute Gasteiger partial charge is 1.00 e. The van der Waals surface area contributed by atoms with Crippen LogP contribution in [0, 0.1) is 6.07 Å². The van der Waals surface area contributed by atoms with E-state index in [1.54, 1.807) is 0 Å². The maximum atomic E-state index is 6.94. The molecule has 42 heavy (non-hydrogen) atoms. The normalized spacial score (nSPS) is 11.5. The van der Waals surface area contributed by atoms with Crippen molar-refractivity contribution in [2.45, 2.75) is 85.1 Å². The van der Waals surface area contributed by atoms with E-state index in [9.17, 15) is 0 Å². The fourth-order valence-electron chi connectivity index (χ4n) is 4.32. The van der Waals surface area contributed by atoms with Crippen LogP contribution >= 0.6 is 0 Å². The van der Waals surface area contributed by atoms with Gasteiger partial charge >= 0.3 is 26.2 Å². The first kappa shape index (κ1) is 40.5. The maximum Gasteiger partial charge on any atom is 4.00 e. The fraction of sp³-hybridized carbons (Fsp3) is 0.351. The molecule has 4 aromatic carbocycles. The quantitative estimate of drug-likeness (QED) is 0.201. The van der Waals surface area contributed by atoms with Gasteiger partial charge in [0.2, 0.25) is 0 Å². The minimum atomic E-state index is -0.250. The minimum Gasteiger partial charge on any atom is -1.00 e. The number of benzene rings is 4. The third-order valence-corrected chi connectivity index (χ3v) is 7.83. The van der Waals surface area contributed by atoms with Crippen LogP contribution in [0.25, 0.3) is 16.9 Å². The van der Waals surface area contributed by atoms with E-state index in [2.05, 4.69) is 139 Å². The van der Waals surface area contributed by atoms with Crippen LogP contribution in [-0.2, 0) is 43.5 Å². The third kappa shape index (κ3) is 13.0. The summed E-state index contributed by atoms with van der Waals surface area (Å²) in [6, 6.07) is 36.5. The molecular formula is C37H46Cl2NSiZr. The Kier molecular flexibility index (Phi) is 16.5. The van der Waals surface area contributed by atoms with Gasteiger partial charge in [-0.15, -0.1) is 16.7 Å². The molecule has 1 nitrogen and oxygen atoms in total. The fourth-order valence-corrected chi connectivity index (χ4v) is 5.53. The second-order valence-electron chi connectivity index (χ2n) is 13.5. The SMILES string of the molecule is CC(C)(C)[NH-].CC(C)(C)c1[c-]c2c(cc1)-c1ccc(C(C)(C)C)cc1C2.[Cl-].[Cl-].[Zr+4].c1ccc([SiH]c2ccccc2)cc1. The molecule has 0 spiro atoms. The number of rotatable bonds is 2. The molecule has 0 saturated carbocycles. The van der Waals surface area contributed by atoms with Crippen LogP contribution in [0.1, 0.15) is 84.6 Å². The van der Waals surface area contributed by atoms with Gasteiger partial charge in [0.15, 0.2) is 0 Å². The number of hydrogen-bond donors (Lipinski definition) is 0. The van der Waals surface area contributed by atoms with Crippen LogP contribution in [0.3, 0.4) is 0 Å². The third-order valence-electron chi connectivity index (χ3n) is 6.40. The first-order valence-electron chi connectivity index (χ1n) is 14.0. The summed E-state index contributed by atoms with van der Waals surface area (Å²) < 4.78 is 0. The van der Waals surface area contributed by atoms with Crippen molar-refractivity contribution < 1.29 is 51.0 Å². The Balaban J connectivity index is 0.000000691. The summed E-state index contributed by atoms with van der Waals surface area (Å²) in [4.78, 5) is 0. The molecule has 0 heterocycles. The maximum absolute atomic E-state index is 6.94. The summed E-state index contributed by atoms with van der Waals surface area (Å²) >= 11 is 0. The van der Waals surface area contributed by atoms with Gasteiger partial charge in [0.1, 0.15) is 9.52 Å². The molecule has 5 rings (SSSR count). The van der Waals surface area contributed by atoms with Gasteiger partial charge in [-0.3, -0.25) is 0 Å². The largest absolute Gasteiger partial charge is 4.00 e. The zero-order valence-electron chi connectivity index (χ0n) is 26.7. The Labute approximate surface area is 290 Å². The molecule has 1 aliphatic rings. The molecule has 5 heteroatoms. The van der Waals surface area contributed by atoms with Crippen molar-refractivity contribution in [1.82, 2.24) is 0 Å². The minimum absolute atomic E-state index is 0. The number of hydrogen-bond acceptors (Lipinski definition) is 0. The van der Waals surface area contributed by atoms with Gasteiger partial charge in [0, 0.05) is 0 Å². The van der Waals surface area contributed by atoms with E-state index in [-0.39, 0.29) is 76.9 Å². The van der Waals surface area contributed by atoms with E-state index in [1.165, 1.54) is 43.8 Å². The summed E-state index contributed by atoms with van der Waals surface area (Å²) in [5, 5.41) is 2.90. The van der Waals surface area contributed by atoms with Crippen molar-refractivity contribution in [3.05, 3.63) is 125 Å². The van der Waals surface area contributed by atoms with Crippen molar-refractivity contribution in [1.29, 1.82) is 0 Å². The van der Waals surface area contributed by atoms with E-state index in [4.69, 9.17) is 5.73 Å². The van der Waals surface area contributed by atoms with Crippen LogP contribution in [-0.4, -0.2) is 15.1 Å². The molecule has 0 aliphatic heterocycles. The summed E-state index contributed by atoms with van der Waals surface area (Å²) in [5.74, 6) is 0. The Morgan fingerprint density at radius 1 is 0.619 bits per heavy atom. The summed E-state index contributed by atoms with van der Waals surface area (Å²) in [6.07, 6.45) is 1.03. The first-order valence-corrected chi connectivity index (χ1v) is 15.2. The standard InChI is InChI=1S/C21H25.C12H11Si.C4H10N.2ClH.Zr/c1-20(2,3)16-7-9-18-14(12-16)11-15-13-17(21(4,5)6)8-10-19(15)18;1-3-7-11(8-4-1)13-12-9-5-2-6-10-12;1-4(2,3)5;;;/h7-10,12H,11H2,1-6H3;1-10,13H;5H,1-3H3;2*1H;/q-1;;-1;;;+4/p-2. The van der Waals surface area contributed by atoms with Gasteiger partial charge in [-0.05, 0) is 28.4 Å². The van der Waals surface area contributed by atoms with Crippen LogP contribution < -0.4 is 35.2 Å². The second kappa shape index (κ2) is 17.1. The summed E-state index contributed by atoms with van der Waals surface area (Å²) in [6.45, 7) is 19.2. The number of nitrogens with one attached hydrogen (secondary N) is 1. The Bertz CT molecular complexity index is 1250. The molecule has 0 atom stereocenters. The molecule has 1 aliphatic carbocycles. The van der Waals surface area contributed by atoms with Gasteiger partial charge in [0.05, 0.1) is 0 Å². The average molecular weight is 695 g/mol. The molecule has 0 bridgehead atoms. The van der Waals surface area contributed by atoms with Gasteiger partial charge in [-0.25, -0.2) is 0 Å². The molecule has 0 saturated heterocycles. The number of halogens is 2. The number of fused-ring (bicyclic) bond motifs is 3. The predicted octanol–water partition coefficient (Wildman–Crippen LogP) is 2.57. The average Bonchev–Trinajstić information content (AvgIpc) is 3.21. The zero-order valence-corrected chi connectivity index (χ0v) is 31.8. The van der Waals surface area contributed by atoms with E-state index in [0.29, 0.717) is 0 Å².